The molecule has 0 spiro atoms. The highest BCUT2D eigenvalue weighted by Gasteiger charge is 2.11. The van der Waals surface area contributed by atoms with Gasteiger partial charge in [-0.25, -0.2) is 4.68 Å². The molecule has 3 aromatic rings. The van der Waals surface area contributed by atoms with E-state index >= 15 is 0 Å². The first-order chi connectivity index (χ1) is 14.0. The van der Waals surface area contributed by atoms with Crippen LogP contribution in [0.1, 0.15) is 36.4 Å². The normalized spacial score (nSPS) is 10.4. The minimum atomic E-state index is -0.136. The van der Waals surface area contributed by atoms with Crippen LogP contribution in [0.3, 0.4) is 0 Å². The topological polar surface area (TPSA) is 82.7 Å². The predicted octanol–water partition coefficient (Wildman–Crippen LogP) is 4.23. The Kier molecular flexibility index (Phi) is 6.30. The van der Waals surface area contributed by atoms with Crippen molar-refractivity contribution in [3.8, 4) is 11.8 Å². The van der Waals surface area contributed by atoms with Crippen LogP contribution in [-0.2, 0) is 17.6 Å². The van der Waals surface area contributed by atoms with Gasteiger partial charge in [-0.3, -0.25) is 4.79 Å². The quantitative estimate of drug-likeness (QED) is 0.636. The van der Waals surface area contributed by atoms with E-state index in [9.17, 15) is 4.79 Å². The van der Waals surface area contributed by atoms with Crippen LogP contribution in [0.15, 0.2) is 48.5 Å². The van der Waals surface area contributed by atoms with Crippen LogP contribution in [0.4, 0.5) is 11.4 Å². The number of nitrogens with one attached hydrogen (secondary N) is 2. The van der Waals surface area contributed by atoms with Crippen molar-refractivity contribution < 1.29 is 4.79 Å². The molecule has 0 saturated carbocycles. The molecule has 0 aliphatic heterocycles. The van der Waals surface area contributed by atoms with Crippen molar-refractivity contribution in [3.05, 3.63) is 71.0 Å². The molecule has 6 heteroatoms. The Labute approximate surface area is 171 Å². The van der Waals surface area contributed by atoms with Gasteiger partial charge in [-0.15, -0.1) is 0 Å². The van der Waals surface area contributed by atoms with E-state index in [1.807, 2.05) is 29.8 Å². The van der Waals surface area contributed by atoms with Gasteiger partial charge < -0.3 is 10.6 Å². The van der Waals surface area contributed by atoms with Gasteiger partial charge in [0.05, 0.1) is 29.6 Å². The van der Waals surface area contributed by atoms with Crippen molar-refractivity contribution in [2.45, 2.75) is 33.6 Å². The Hall–Kier alpha value is -3.59. The second-order valence-corrected chi connectivity index (χ2v) is 6.84. The van der Waals surface area contributed by atoms with Crippen molar-refractivity contribution >= 4 is 17.3 Å². The number of nitriles is 1. The number of aryl methyl sites for hydroxylation is 3. The highest BCUT2D eigenvalue weighted by atomic mass is 16.1. The molecule has 1 aromatic heterocycles. The number of aromatic nitrogens is 2. The lowest BCUT2D eigenvalue weighted by Gasteiger charge is -2.12. The van der Waals surface area contributed by atoms with Crippen molar-refractivity contribution in [1.82, 2.24) is 9.78 Å². The lowest BCUT2D eigenvalue weighted by Crippen LogP contribution is -2.21. The number of amides is 1. The van der Waals surface area contributed by atoms with Crippen molar-refractivity contribution in [2.75, 3.05) is 17.2 Å². The molecular formula is C23H25N5O. The van der Waals surface area contributed by atoms with Gasteiger partial charge in [-0.2, -0.15) is 10.4 Å². The largest absolute Gasteiger partial charge is 0.376 e. The lowest BCUT2D eigenvalue weighted by atomic mass is 10.1. The Morgan fingerprint density at radius 1 is 1.07 bits per heavy atom. The van der Waals surface area contributed by atoms with Gasteiger partial charge in [0.1, 0.15) is 0 Å². The molecule has 1 heterocycles. The summed E-state index contributed by atoms with van der Waals surface area (Å²) in [4.78, 5) is 12.3. The molecule has 0 bridgehead atoms. The molecular weight excluding hydrogens is 362 g/mol. The monoisotopic (exact) mass is 387 g/mol. The number of benzene rings is 2. The van der Waals surface area contributed by atoms with Gasteiger partial charge >= 0.3 is 0 Å². The lowest BCUT2D eigenvalue weighted by molar-refractivity contribution is -0.114. The molecule has 148 valence electrons. The maximum atomic E-state index is 12.3. The summed E-state index contributed by atoms with van der Waals surface area (Å²) in [6, 6.07) is 17.1. The second kappa shape index (κ2) is 9.07. The summed E-state index contributed by atoms with van der Waals surface area (Å²) in [6.07, 6.45) is 1.81. The summed E-state index contributed by atoms with van der Waals surface area (Å²) in [5.41, 5.74) is 6.45. The summed E-state index contributed by atoms with van der Waals surface area (Å²) in [5, 5.41) is 19.5. The van der Waals surface area contributed by atoms with E-state index in [1.54, 1.807) is 24.3 Å². The standard InChI is InChI=1S/C23H25N5O/c1-4-18-13-21(5-2)28(27-18)22-11-10-20(12-16(22)3)26-23(29)15-25-19-8-6-17(14-24)7-9-19/h6-13,25H,4-5,15H2,1-3H3,(H,26,29). The third-order valence-electron chi connectivity index (χ3n) is 4.73. The average molecular weight is 387 g/mol. The molecule has 29 heavy (non-hydrogen) atoms. The molecule has 2 aromatic carbocycles. The Bertz CT molecular complexity index is 1040. The molecule has 0 atom stereocenters. The van der Waals surface area contributed by atoms with Crippen LogP contribution in [-0.4, -0.2) is 22.2 Å². The first kappa shape index (κ1) is 20.2. The minimum absolute atomic E-state index is 0.136. The first-order valence-electron chi connectivity index (χ1n) is 9.76. The SMILES string of the molecule is CCc1cc(CC)n(-c2ccc(NC(=O)CNc3ccc(C#N)cc3)cc2C)n1. The summed E-state index contributed by atoms with van der Waals surface area (Å²) in [6.45, 7) is 6.39. The van der Waals surface area contributed by atoms with Crippen LogP contribution in [0.25, 0.3) is 5.69 Å². The summed E-state index contributed by atoms with van der Waals surface area (Å²) < 4.78 is 1.99. The van der Waals surface area contributed by atoms with E-state index in [4.69, 9.17) is 10.4 Å². The number of nitrogens with zero attached hydrogens (tertiary/aromatic N) is 3. The van der Waals surface area contributed by atoms with Crippen molar-refractivity contribution in [2.24, 2.45) is 0 Å². The molecule has 0 radical (unpaired) electrons. The molecule has 0 aliphatic carbocycles. The highest BCUT2D eigenvalue weighted by Crippen LogP contribution is 2.21. The minimum Gasteiger partial charge on any atom is -0.376 e. The fraction of sp³-hybridized carbons (Fsp3) is 0.261. The molecule has 2 N–H and O–H groups in total. The Balaban J connectivity index is 1.66. The second-order valence-electron chi connectivity index (χ2n) is 6.84. The fourth-order valence-corrected chi connectivity index (χ4v) is 3.13. The fourth-order valence-electron chi connectivity index (χ4n) is 3.13. The number of rotatable bonds is 7. The van der Waals surface area contributed by atoms with E-state index in [2.05, 4.69) is 36.6 Å². The first-order valence-corrected chi connectivity index (χ1v) is 9.76. The molecule has 0 aliphatic rings. The summed E-state index contributed by atoms with van der Waals surface area (Å²) >= 11 is 0. The van der Waals surface area contributed by atoms with Gasteiger partial charge in [0.15, 0.2) is 0 Å². The predicted molar refractivity (Wildman–Crippen MR) is 115 cm³/mol. The Morgan fingerprint density at radius 2 is 1.79 bits per heavy atom. The number of carbonyl (C=O) groups excluding carboxylic acids is 1. The van der Waals surface area contributed by atoms with Gasteiger partial charge in [0.25, 0.3) is 0 Å². The highest BCUT2D eigenvalue weighted by molar-refractivity contribution is 5.94. The zero-order chi connectivity index (χ0) is 20.8. The number of hydrogen-bond acceptors (Lipinski definition) is 4. The van der Waals surface area contributed by atoms with Crippen LogP contribution in [0, 0.1) is 18.3 Å². The van der Waals surface area contributed by atoms with Gasteiger partial charge in [-0.05, 0) is 73.9 Å². The molecule has 6 nitrogen and oxygen atoms in total. The van der Waals surface area contributed by atoms with Crippen LogP contribution < -0.4 is 10.6 Å². The molecule has 0 saturated heterocycles. The van der Waals surface area contributed by atoms with E-state index in [0.29, 0.717) is 5.56 Å². The van der Waals surface area contributed by atoms with E-state index in [-0.39, 0.29) is 12.5 Å². The maximum absolute atomic E-state index is 12.3. The van der Waals surface area contributed by atoms with Crippen molar-refractivity contribution in [1.29, 1.82) is 5.26 Å². The molecule has 3 rings (SSSR count). The zero-order valence-electron chi connectivity index (χ0n) is 17.0. The molecule has 1 amide bonds. The van der Waals surface area contributed by atoms with Crippen LogP contribution in [0.2, 0.25) is 0 Å². The molecule has 0 fully saturated rings. The zero-order valence-corrected chi connectivity index (χ0v) is 17.0. The van der Waals surface area contributed by atoms with E-state index in [0.717, 1.165) is 41.2 Å². The van der Waals surface area contributed by atoms with E-state index in [1.165, 1.54) is 5.69 Å². The van der Waals surface area contributed by atoms with Crippen LogP contribution >= 0.6 is 0 Å². The smallest absolute Gasteiger partial charge is 0.243 e. The number of hydrogen-bond donors (Lipinski definition) is 2. The molecule has 0 unspecified atom stereocenters. The Morgan fingerprint density at radius 3 is 2.41 bits per heavy atom. The third kappa shape index (κ3) is 4.82. The van der Waals surface area contributed by atoms with Crippen LogP contribution in [0.5, 0.6) is 0 Å². The van der Waals surface area contributed by atoms with Gasteiger partial charge in [0, 0.05) is 17.1 Å². The summed E-state index contributed by atoms with van der Waals surface area (Å²) in [5.74, 6) is -0.136. The maximum Gasteiger partial charge on any atom is 0.243 e. The van der Waals surface area contributed by atoms with Gasteiger partial charge in [-0.1, -0.05) is 13.8 Å². The van der Waals surface area contributed by atoms with E-state index < -0.39 is 0 Å². The van der Waals surface area contributed by atoms with Gasteiger partial charge in [0.2, 0.25) is 5.91 Å². The number of anilines is 2. The number of carbonyl (C=O) groups is 1. The van der Waals surface area contributed by atoms with Crippen molar-refractivity contribution in [3.63, 3.8) is 0 Å². The summed E-state index contributed by atoms with van der Waals surface area (Å²) in [7, 11) is 0. The average Bonchev–Trinajstić information content (AvgIpc) is 3.16. The third-order valence-corrected chi connectivity index (χ3v) is 4.73.